The van der Waals surface area contributed by atoms with Crippen LogP contribution < -0.4 is 10.9 Å². The summed E-state index contributed by atoms with van der Waals surface area (Å²) in [5, 5.41) is 5.13. The zero-order valence-corrected chi connectivity index (χ0v) is 21.0. The molecule has 0 aliphatic carbocycles. The molecule has 0 saturated heterocycles. The average Bonchev–Trinajstić information content (AvgIpc) is 2.82. The van der Waals surface area contributed by atoms with Crippen molar-refractivity contribution in [3.8, 4) is 0 Å². The first kappa shape index (κ1) is 24.9. The number of pyridine rings is 2. The number of fused-ring (bicyclic) bond motifs is 1. The van der Waals surface area contributed by atoms with Gasteiger partial charge < -0.3 is 20.1 Å². The number of benzene rings is 1. The Kier molecular flexibility index (Phi) is 8.97. The average molecular weight is 466 g/mol. The molecule has 1 aromatic carbocycles. The molecule has 0 atom stereocenters. The van der Waals surface area contributed by atoms with Gasteiger partial charge in [-0.15, -0.1) is 0 Å². The normalized spacial score (nSPS) is 11.2. The van der Waals surface area contributed by atoms with Crippen LogP contribution in [0.4, 0.5) is 0 Å². The molecule has 0 radical (unpaired) electrons. The topological polar surface area (TPSA) is 64.3 Å². The maximum atomic E-state index is 12.9. The van der Waals surface area contributed by atoms with Crippen LogP contribution in [-0.2, 0) is 13.1 Å². The highest BCUT2D eigenvalue weighted by Gasteiger charge is 2.15. The van der Waals surface area contributed by atoms with Gasteiger partial charge in [0.2, 0.25) is 0 Å². The second-order valence-electron chi connectivity index (χ2n) is 8.44. The van der Waals surface area contributed by atoms with E-state index in [9.17, 15) is 4.79 Å². The molecule has 6 nitrogen and oxygen atoms in total. The quantitative estimate of drug-likeness (QED) is 0.346. The SMILES string of the molecule is CCN(CC)CCCNC(=S)N(Cc1cccnc1)Cc1cc2c(C)ccc(C)c2[nH]c1=O. The monoisotopic (exact) mass is 465 g/mol. The van der Waals surface area contributed by atoms with Crippen molar-refractivity contribution in [1.29, 1.82) is 0 Å². The molecule has 0 unspecified atom stereocenters. The lowest BCUT2D eigenvalue weighted by molar-refractivity contribution is 0.299. The summed E-state index contributed by atoms with van der Waals surface area (Å²) in [7, 11) is 0. The summed E-state index contributed by atoms with van der Waals surface area (Å²) in [5.41, 5.74) is 4.79. The van der Waals surface area contributed by atoms with E-state index in [1.54, 1.807) is 6.20 Å². The Morgan fingerprint density at radius 2 is 1.88 bits per heavy atom. The molecule has 2 heterocycles. The van der Waals surface area contributed by atoms with Crippen molar-refractivity contribution in [3.05, 3.63) is 75.3 Å². The zero-order chi connectivity index (χ0) is 23.8. The van der Waals surface area contributed by atoms with Crippen molar-refractivity contribution < 1.29 is 0 Å². The molecule has 3 aromatic rings. The van der Waals surface area contributed by atoms with E-state index >= 15 is 0 Å². The summed E-state index contributed by atoms with van der Waals surface area (Å²) < 4.78 is 0. The largest absolute Gasteiger partial charge is 0.363 e. The molecule has 2 aromatic heterocycles. The number of nitrogens with one attached hydrogen (secondary N) is 2. The molecule has 0 amide bonds. The van der Waals surface area contributed by atoms with Crippen LogP contribution in [0.2, 0.25) is 0 Å². The van der Waals surface area contributed by atoms with Crippen molar-refractivity contribution in [2.24, 2.45) is 0 Å². The van der Waals surface area contributed by atoms with Gasteiger partial charge in [0.05, 0.1) is 12.1 Å². The maximum absolute atomic E-state index is 12.9. The number of hydrogen-bond acceptors (Lipinski definition) is 4. The molecule has 0 spiro atoms. The highest BCUT2D eigenvalue weighted by molar-refractivity contribution is 7.80. The fraction of sp³-hybridized carbons (Fsp3) is 0.423. The zero-order valence-electron chi connectivity index (χ0n) is 20.1. The first-order valence-electron chi connectivity index (χ1n) is 11.7. The Hall–Kier alpha value is -2.77. The van der Waals surface area contributed by atoms with E-state index in [-0.39, 0.29) is 5.56 Å². The van der Waals surface area contributed by atoms with Gasteiger partial charge in [-0.05, 0) is 80.9 Å². The van der Waals surface area contributed by atoms with E-state index in [0.29, 0.717) is 23.8 Å². The number of thiocarbonyl (C=S) groups is 1. The van der Waals surface area contributed by atoms with Crippen molar-refractivity contribution >= 4 is 28.2 Å². The van der Waals surface area contributed by atoms with Gasteiger partial charge in [-0.25, -0.2) is 0 Å². The van der Waals surface area contributed by atoms with E-state index in [1.807, 2.05) is 42.3 Å². The number of nitrogens with zero attached hydrogens (tertiary/aromatic N) is 3. The summed E-state index contributed by atoms with van der Waals surface area (Å²) in [6.07, 6.45) is 4.61. The van der Waals surface area contributed by atoms with Crippen LogP contribution in [-0.4, -0.2) is 51.1 Å². The molecule has 0 bridgehead atoms. The Morgan fingerprint density at radius 1 is 1.12 bits per heavy atom. The lowest BCUT2D eigenvalue weighted by atomic mass is 10.0. The molecule has 176 valence electrons. The Morgan fingerprint density at radius 3 is 2.58 bits per heavy atom. The minimum Gasteiger partial charge on any atom is -0.363 e. The van der Waals surface area contributed by atoms with Gasteiger partial charge in [0, 0.05) is 36.4 Å². The van der Waals surface area contributed by atoms with Crippen LogP contribution in [0.15, 0.2) is 47.5 Å². The molecule has 0 fully saturated rings. The highest BCUT2D eigenvalue weighted by atomic mass is 32.1. The first-order valence-corrected chi connectivity index (χ1v) is 12.1. The molecule has 2 N–H and O–H groups in total. The van der Waals surface area contributed by atoms with E-state index in [4.69, 9.17) is 12.2 Å². The second-order valence-corrected chi connectivity index (χ2v) is 8.83. The summed E-state index contributed by atoms with van der Waals surface area (Å²) in [4.78, 5) is 24.7. The van der Waals surface area contributed by atoms with Crippen molar-refractivity contribution in [2.45, 2.75) is 47.2 Å². The van der Waals surface area contributed by atoms with Gasteiger partial charge >= 0.3 is 0 Å². The predicted octanol–water partition coefficient (Wildman–Crippen LogP) is 4.15. The van der Waals surface area contributed by atoms with E-state index in [0.717, 1.165) is 60.2 Å². The van der Waals surface area contributed by atoms with Crippen LogP contribution in [0.1, 0.15) is 42.5 Å². The Balaban J connectivity index is 1.80. The van der Waals surface area contributed by atoms with Crippen molar-refractivity contribution in [3.63, 3.8) is 0 Å². The summed E-state index contributed by atoms with van der Waals surface area (Å²) in [6, 6.07) is 10.1. The first-order chi connectivity index (χ1) is 15.9. The minimum atomic E-state index is -0.0725. The van der Waals surface area contributed by atoms with Crippen LogP contribution >= 0.6 is 12.2 Å². The molecule has 0 saturated carbocycles. The highest BCUT2D eigenvalue weighted by Crippen LogP contribution is 2.20. The fourth-order valence-electron chi connectivity index (χ4n) is 4.00. The number of aromatic nitrogens is 2. The van der Waals surface area contributed by atoms with Crippen molar-refractivity contribution in [1.82, 2.24) is 25.1 Å². The Bertz CT molecular complexity index is 1120. The van der Waals surface area contributed by atoms with Gasteiger partial charge in [0.15, 0.2) is 5.11 Å². The number of rotatable bonds is 10. The minimum absolute atomic E-state index is 0.0725. The number of hydrogen-bond donors (Lipinski definition) is 2. The molecule has 33 heavy (non-hydrogen) atoms. The van der Waals surface area contributed by atoms with Crippen LogP contribution in [0.25, 0.3) is 10.9 Å². The van der Waals surface area contributed by atoms with Crippen LogP contribution in [0.5, 0.6) is 0 Å². The molecule has 0 aliphatic heterocycles. The van der Waals surface area contributed by atoms with Gasteiger partial charge in [-0.1, -0.05) is 32.0 Å². The summed E-state index contributed by atoms with van der Waals surface area (Å²) in [6.45, 7) is 13.4. The summed E-state index contributed by atoms with van der Waals surface area (Å²) in [5.74, 6) is 0. The van der Waals surface area contributed by atoms with Gasteiger partial charge in [-0.3, -0.25) is 9.78 Å². The molecular weight excluding hydrogens is 430 g/mol. The predicted molar refractivity (Wildman–Crippen MR) is 141 cm³/mol. The third kappa shape index (κ3) is 6.62. The van der Waals surface area contributed by atoms with Gasteiger partial charge in [-0.2, -0.15) is 0 Å². The fourth-order valence-corrected chi connectivity index (χ4v) is 4.23. The summed E-state index contributed by atoms with van der Waals surface area (Å²) >= 11 is 5.76. The molecule has 3 rings (SSSR count). The Labute approximate surface area is 202 Å². The van der Waals surface area contributed by atoms with Crippen molar-refractivity contribution in [2.75, 3.05) is 26.2 Å². The molecular formula is C26H35N5OS. The number of aryl methyl sites for hydroxylation is 2. The van der Waals surface area contributed by atoms with E-state index in [1.165, 1.54) is 0 Å². The van der Waals surface area contributed by atoms with Gasteiger partial charge in [0.1, 0.15) is 0 Å². The van der Waals surface area contributed by atoms with Crippen LogP contribution in [0, 0.1) is 13.8 Å². The lowest BCUT2D eigenvalue weighted by Crippen LogP contribution is -2.41. The van der Waals surface area contributed by atoms with Crippen LogP contribution in [0.3, 0.4) is 0 Å². The van der Waals surface area contributed by atoms with Gasteiger partial charge in [0.25, 0.3) is 5.56 Å². The standard InChI is InChI=1S/C26H35N5OS/c1-5-30(6-2)14-8-13-28-26(33)31(17-21-9-7-12-27-16-21)18-22-15-23-19(3)10-11-20(4)24(23)29-25(22)32/h7,9-12,15-16H,5-6,8,13-14,17-18H2,1-4H3,(H,28,33)(H,29,32). The van der Waals surface area contributed by atoms with E-state index in [2.05, 4.69) is 47.0 Å². The second kappa shape index (κ2) is 11.9. The third-order valence-corrected chi connectivity index (χ3v) is 6.49. The molecule has 7 heteroatoms. The molecule has 0 aliphatic rings. The maximum Gasteiger partial charge on any atom is 0.253 e. The lowest BCUT2D eigenvalue weighted by Gasteiger charge is -2.26. The smallest absolute Gasteiger partial charge is 0.253 e. The number of H-pyrrole nitrogens is 1. The number of aromatic amines is 1. The van der Waals surface area contributed by atoms with E-state index < -0.39 is 0 Å². The third-order valence-electron chi connectivity index (χ3n) is 6.09.